The average Bonchev–Trinajstić information content (AvgIpc) is 2.47. The summed E-state index contributed by atoms with van der Waals surface area (Å²) in [4.78, 5) is 12.2. The maximum absolute atomic E-state index is 12.2. The van der Waals surface area contributed by atoms with E-state index in [1.165, 1.54) is 10.8 Å². The fraction of sp³-hybridized carbons (Fsp3) is 0.389. The summed E-state index contributed by atoms with van der Waals surface area (Å²) in [5, 5.41) is 5.49. The quantitative estimate of drug-likeness (QED) is 0.909. The first-order chi connectivity index (χ1) is 9.96. The van der Waals surface area contributed by atoms with Gasteiger partial charge in [0.15, 0.2) is 0 Å². The molecule has 2 unspecified atom stereocenters. The lowest BCUT2D eigenvalue weighted by Gasteiger charge is -2.50. The molecule has 2 atom stereocenters. The molecule has 3 heteroatoms. The van der Waals surface area contributed by atoms with E-state index >= 15 is 0 Å². The van der Waals surface area contributed by atoms with Gasteiger partial charge in [-0.3, -0.25) is 4.79 Å². The van der Waals surface area contributed by atoms with Crippen LogP contribution in [0.25, 0.3) is 10.8 Å². The second-order valence-corrected chi connectivity index (χ2v) is 6.64. The van der Waals surface area contributed by atoms with E-state index in [4.69, 9.17) is 5.73 Å². The van der Waals surface area contributed by atoms with Crippen molar-refractivity contribution in [3.8, 4) is 0 Å². The Labute approximate surface area is 125 Å². The van der Waals surface area contributed by atoms with Crippen molar-refractivity contribution < 1.29 is 4.79 Å². The molecule has 3 N–H and O–H groups in total. The van der Waals surface area contributed by atoms with Crippen LogP contribution in [0.2, 0.25) is 0 Å². The van der Waals surface area contributed by atoms with Crippen LogP contribution < -0.4 is 11.1 Å². The number of hydrogen-bond acceptors (Lipinski definition) is 2. The molecule has 0 heterocycles. The van der Waals surface area contributed by atoms with Gasteiger partial charge in [-0.1, -0.05) is 56.3 Å². The summed E-state index contributed by atoms with van der Waals surface area (Å²) in [5.74, 6) is 0.0789. The maximum atomic E-state index is 12.2. The van der Waals surface area contributed by atoms with Gasteiger partial charge in [-0.25, -0.2) is 0 Å². The lowest BCUT2D eigenvalue weighted by molar-refractivity contribution is -0.123. The zero-order chi connectivity index (χ0) is 15.0. The van der Waals surface area contributed by atoms with Crippen molar-refractivity contribution in [2.75, 3.05) is 0 Å². The van der Waals surface area contributed by atoms with Gasteiger partial charge in [-0.05, 0) is 22.8 Å². The first kappa shape index (κ1) is 14.1. The number of nitrogens with two attached hydrogens (primary N) is 1. The molecule has 0 spiro atoms. The van der Waals surface area contributed by atoms with Crippen LogP contribution in [-0.2, 0) is 11.2 Å². The largest absolute Gasteiger partial charge is 0.352 e. The van der Waals surface area contributed by atoms with E-state index in [-0.39, 0.29) is 23.4 Å². The Bertz CT molecular complexity index is 678. The third-order valence-electron chi connectivity index (χ3n) is 4.86. The zero-order valence-electron chi connectivity index (χ0n) is 12.6. The second kappa shape index (κ2) is 5.15. The first-order valence-electron chi connectivity index (χ1n) is 7.49. The van der Waals surface area contributed by atoms with Crippen LogP contribution in [0.3, 0.4) is 0 Å². The second-order valence-electron chi connectivity index (χ2n) is 6.64. The molecular weight excluding hydrogens is 260 g/mol. The maximum Gasteiger partial charge on any atom is 0.224 e. The summed E-state index contributed by atoms with van der Waals surface area (Å²) in [7, 11) is 0. The van der Waals surface area contributed by atoms with Gasteiger partial charge in [0.05, 0.1) is 6.42 Å². The van der Waals surface area contributed by atoms with Crippen LogP contribution in [0.1, 0.15) is 25.8 Å². The fourth-order valence-corrected chi connectivity index (χ4v) is 2.98. The van der Waals surface area contributed by atoms with Gasteiger partial charge in [-0.2, -0.15) is 0 Å². The lowest BCUT2D eigenvalue weighted by atomic mass is 9.63. The van der Waals surface area contributed by atoms with Crippen LogP contribution in [0, 0.1) is 5.41 Å². The fourth-order valence-electron chi connectivity index (χ4n) is 2.98. The molecule has 1 saturated carbocycles. The highest BCUT2D eigenvalue weighted by Gasteiger charge is 2.46. The average molecular weight is 282 g/mol. The molecule has 0 bridgehead atoms. The molecule has 0 aromatic heterocycles. The number of benzene rings is 2. The molecule has 1 aliphatic carbocycles. The van der Waals surface area contributed by atoms with Crippen molar-refractivity contribution >= 4 is 16.7 Å². The molecule has 2 aromatic rings. The summed E-state index contributed by atoms with van der Waals surface area (Å²) in [6.07, 6.45) is 1.29. The van der Waals surface area contributed by atoms with Crippen LogP contribution in [0.4, 0.5) is 0 Å². The van der Waals surface area contributed by atoms with E-state index in [1.807, 2.05) is 18.2 Å². The molecular formula is C18H22N2O. The van der Waals surface area contributed by atoms with Crippen LogP contribution in [0.5, 0.6) is 0 Å². The summed E-state index contributed by atoms with van der Waals surface area (Å²) in [6.45, 7) is 4.23. The highest BCUT2D eigenvalue weighted by molar-refractivity contribution is 5.85. The molecule has 110 valence electrons. The molecule has 1 aliphatic rings. The Morgan fingerprint density at radius 3 is 2.62 bits per heavy atom. The van der Waals surface area contributed by atoms with Crippen molar-refractivity contribution in [3.05, 3.63) is 48.0 Å². The van der Waals surface area contributed by atoms with Gasteiger partial charge in [0.2, 0.25) is 5.91 Å². The molecule has 1 amide bonds. The molecule has 1 fully saturated rings. The molecule has 0 radical (unpaired) electrons. The molecule has 0 saturated heterocycles. The van der Waals surface area contributed by atoms with Crippen molar-refractivity contribution in [2.45, 2.75) is 38.8 Å². The van der Waals surface area contributed by atoms with Gasteiger partial charge >= 0.3 is 0 Å². The SMILES string of the molecule is CC1(C)C(N)CC1NC(=O)Cc1ccc2ccccc2c1. The minimum atomic E-state index is -0.000948. The summed E-state index contributed by atoms with van der Waals surface area (Å²) < 4.78 is 0. The third-order valence-corrected chi connectivity index (χ3v) is 4.86. The highest BCUT2D eigenvalue weighted by atomic mass is 16.1. The number of rotatable bonds is 3. The first-order valence-corrected chi connectivity index (χ1v) is 7.49. The van der Waals surface area contributed by atoms with Crippen LogP contribution in [0.15, 0.2) is 42.5 Å². The number of amides is 1. The molecule has 2 aromatic carbocycles. The zero-order valence-corrected chi connectivity index (χ0v) is 12.6. The minimum absolute atomic E-state index is 0.000948. The summed E-state index contributed by atoms with van der Waals surface area (Å²) >= 11 is 0. The third kappa shape index (κ3) is 2.66. The molecule has 0 aliphatic heterocycles. The van der Waals surface area contributed by atoms with Gasteiger partial charge in [0.25, 0.3) is 0 Å². The van der Waals surface area contributed by atoms with E-state index in [2.05, 4.69) is 43.4 Å². The summed E-state index contributed by atoms with van der Waals surface area (Å²) in [6, 6.07) is 14.8. The van der Waals surface area contributed by atoms with E-state index in [1.54, 1.807) is 0 Å². The topological polar surface area (TPSA) is 55.1 Å². The van der Waals surface area contributed by atoms with Crippen molar-refractivity contribution in [3.63, 3.8) is 0 Å². The Balaban J connectivity index is 1.66. The van der Waals surface area contributed by atoms with E-state index in [9.17, 15) is 4.79 Å². The Kier molecular flexibility index (Phi) is 3.46. The Hall–Kier alpha value is -1.87. The predicted octanol–water partition coefficient (Wildman–Crippen LogP) is 2.62. The van der Waals surface area contributed by atoms with Crippen molar-refractivity contribution in [1.82, 2.24) is 5.32 Å². The highest BCUT2D eigenvalue weighted by Crippen LogP contribution is 2.38. The van der Waals surface area contributed by atoms with Crippen molar-refractivity contribution in [1.29, 1.82) is 0 Å². The molecule has 3 rings (SSSR count). The minimum Gasteiger partial charge on any atom is -0.352 e. The normalized spacial score (nSPS) is 23.6. The van der Waals surface area contributed by atoms with E-state index in [0.29, 0.717) is 6.42 Å². The van der Waals surface area contributed by atoms with Gasteiger partial charge in [0, 0.05) is 17.5 Å². The van der Waals surface area contributed by atoms with E-state index in [0.717, 1.165) is 12.0 Å². The number of fused-ring (bicyclic) bond motifs is 1. The number of hydrogen-bond donors (Lipinski definition) is 2. The molecule has 21 heavy (non-hydrogen) atoms. The van der Waals surface area contributed by atoms with Crippen LogP contribution in [-0.4, -0.2) is 18.0 Å². The monoisotopic (exact) mass is 282 g/mol. The number of carbonyl (C=O) groups excluding carboxylic acids is 1. The van der Waals surface area contributed by atoms with Gasteiger partial charge in [0.1, 0.15) is 0 Å². The van der Waals surface area contributed by atoms with Crippen molar-refractivity contribution in [2.24, 2.45) is 11.1 Å². The molecule has 3 nitrogen and oxygen atoms in total. The Morgan fingerprint density at radius 1 is 1.24 bits per heavy atom. The van der Waals surface area contributed by atoms with Gasteiger partial charge < -0.3 is 11.1 Å². The van der Waals surface area contributed by atoms with E-state index < -0.39 is 0 Å². The smallest absolute Gasteiger partial charge is 0.224 e. The van der Waals surface area contributed by atoms with Crippen LogP contribution >= 0.6 is 0 Å². The van der Waals surface area contributed by atoms with Gasteiger partial charge in [-0.15, -0.1) is 0 Å². The predicted molar refractivity (Wildman–Crippen MR) is 86.0 cm³/mol. The number of carbonyl (C=O) groups is 1. The lowest BCUT2D eigenvalue weighted by Crippen LogP contribution is -2.64. The Morgan fingerprint density at radius 2 is 1.95 bits per heavy atom. The summed E-state index contributed by atoms with van der Waals surface area (Å²) in [5.41, 5.74) is 7.03. The standard InChI is InChI=1S/C18H22N2O/c1-18(2)15(19)11-16(18)20-17(21)10-12-7-8-13-5-3-4-6-14(13)9-12/h3-9,15-16H,10-11,19H2,1-2H3,(H,20,21). The number of nitrogens with one attached hydrogen (secondary N) is 1.